The number of nitro groups is 1. The van der Waals surface area contributed by atoms with E-state index in [4.69, 9.17) is 9.47 Å². The van der Waals surface area contributed by atoms with Gasteiger partial charge in [-0.2, -0.15) is 0 Å². The summed E-state index contributed by atoms with van der Waals surface area (Å²) in [5, 5.41) is 11.6. The molecule has 2 aromatic rings. The van der Waals surface area contributed by atoms with Crippen molar-refractivity contribution in [3.8, 4) is 11.5 Å². The molecule has 0 bridgehead atoms. The van der Waals surface area contributed by atoms with Gasteiger partial charge in [-0.15, -0.1) is 0 Å². The van der Waals surface area contributed by atoms with Crippen molar-refractivity contribution in [3.63, 3.8) is 0 Å². The van der Waals surface area contributed by atoms with Crippen molar-refractivity contribution in [2.45, 2.75) is 0 Å². The van der Waals surface area contributed by atoms with Gasteiger partial charge >= 0.3 is 17.8 Å². The quantitative estimate of drug-likeness (QED) is 0.263. The zero-order chi connectivity index (χ0) is 20.1. The number of carbonyl (C=O) groups is 2. The number of amides is 1. The van der Waals surface area contributed by atoms with Crippen molar-refractivity contribution in [2.75, 3.05) is 20.1 Å². The summed E-state index contributed by atoms with van der Waals surface area (Å²) in [5.41, 5.74) is -0.839. The first-order valence-electron chi connectivity index (χ1n) is 8.39. The largest absolute Gasteiger partial charge is 0.421 e. The number of nitrogens with zero attached hydrogens (tertiary/aromatic N) is 3. The lowest BCUT2D eigenvalue weighted by molar-refractivity contribution is -0.423. The van der Waals surface area contributed by atoms with E-state index in [0.29, 0.717) is 6.54 Å². The van der Waals surface area contributed by atoms with E-state index in [1.54, 1.807) is 55.6 Å². The van der Waals surface area contributed by atoms with Crippen LogP contribution < -0.4 is 9.47 Å². The van der Waals surface area contributed by atoms with Crippen molar-refractivity contribution in [3.05, 3.63) is 82.3 Å². The van der Waals surface area contributed by atoms with Gasteiger partial charge in [0.2, 0.25) is 5.82 Å². The Bertz CT molecular complexity index is 914. The highest BCUT2D eigenvalue weighted by atomic mass is 16.6. The van der Waals surface area contributed by atoms with E-state index in [0.717, 1.165) is 4.90 Å². The maximum Gasteiger partial charge on any atom is 0.421 e. The molecule has 0 atom stereocenters. The van der Waals surface area contributed by atoms with E-state index >= 15 is 0 Å². The van der Waals surface area contributed by atoms with Crippen LogP contribution in [0.2, 0.25) is 0 Å². The van der Waals surface area contributed by atoms with Crippen LogP contribution in [0.5, 0.6) is 11.5 Å². The Morgan fingerprint density at radius 1 is 0.929 bits per heavy atom. The molecule has 28 heavy (non-hydrogen) atoms. The number of hydrogen-bond donors (Lipinski definition) is 0. The van der Waals surface area contributed by atoms with Gasteiger partial charge in [-0.1, -0.05) is 36.4 Å². The predicted molar refractivity (Wildman–Crippen MR) is 97.9 cm³/mol. The van der Waals surface area contributed by atoms with Gasteiger partial charge in [-0.05, 0) is 24.3 Å². The molecule has 1 saturated heterocycles. The molecule has 1 heterocycles. The highest BCUT2D eigenvalue weighted by molar-refractivity contribution is 5.89. The summed E-state index contributed by atoms with van der Waals surface area (Å²) in [6.07, 6.45) is -0.822. The van der Waals surface area contributed by atoms with Crippen molar-refractivity contribution in [1.82, 2.24) is 9.80 Å². The molecule has 9 heteroatoms. The Labute approximate surface area is 160 Å². The lowest BCUT2D eigenvalue weighted by atomic mass is 10.3. The van der Waals surface area contributed by atoms with Gasteiger partial charge in [0.25, 0.3) is 0 Å². The van der Waals surface area contributed by atoms with E-state index in [2.05, 4.69) is 0 Å². The van der Waals surface area contributed by atoms with Crippen LogP contribution in [-0.2, 0) is 4.79 Å². The fourth-order valence-electron chi connectivity index (χ4n) is 2.69. The molecule has 0 aromatic heterocycles. The van der Waals surface area contributed by atoms with Gasteiger partial charge in [-0.3, -0.25) is 15.0 Å². The number of ether oxygens (including phenoxy) is 2. The molecule has 2 aromatic carbocycles. The number of hydrogen-bond acceptors (Lipinski definition) is 7. The van der Waals surface area contributed by atoms with Gasteiger partial charge in [0.1, 0.15) is 11.5 Å². The smallest absolute Gasteiger partial charge is 0.418 e. The summed E-state index contributed by atoms with van der Waals surface area (Å²) in [7, 11) is 1.55. The highest BCUT2D eigenvalue weighted by Gasteiger charge is 2.41. The summed E-state index contributed by atoms with van der Waals surface area (Å²) in [4.78, 5) is 38.3. The maximum absolute atomic E-state index is 12.5. The van der Waals surface area contributed by atoms with Crippen LogP contribution in [0.3, 0.4) is 0 Å². The van der Waals surface area contributed by atoms with Crippen molar-refractivity contribution < 1.29 is 24.0 Å². The normalized spacial score (nSPS) is 15.2. The second kappa shape index (κ2) is 8.21. The number of para-hydroxylation sites is 2. The van der Waals surface area contributed by atoms with Gasteiger partial charge in [-0.25, -0.2) is 9.59 Å². The number of benzene rings is 2. The Hall–Kier alpha value is -3.88. The molecule has 0 N–H and O–H groups in total. The van der Waals surface area contributed by atoms with Crippen molar-refractivity contribution in [2.24, 2.45) is 0 Å². The van der Waals surface area contributed by atoms with Crippen LogP contribution in [0.15, 0.2) is 72.2 Å². The Balaban J connectivity index is 1.91. The lowest BCUT2D eigenvalue weighted by Crippen LogP contribution is -2.35. The molecule has 1 fully saturated rings. The van der Waals surface area contributed by atoms with Crippen molar-refractivity contribution >= 4 is 12.1 Å². The summed E-state index contributed by atoms with van der Waals surface area (Å²) < 4.78 is 10.4. The summed E-state index contributed by atoms with van der Waals surface area (Å²) in [5.74, 6) is -0.897. The lowest BCUT2D eigenvalue weighted by Gasteiger charge is -2.19. The van der Waals surface area contributed by atoms with Crippen LogP contribution in [0.1, 0.15) is 0 Å². The second-order valence-corrected chi connectivity index (χ2v) is 5.89. The molecule has 1 aliphatic heterocycles. The zero-order valence-electron chi connectivity index (χ0n) is 15.0. The van der Waals surface area contributed by atoms with E-state index in [1.807, 2.05) is 0 Å². The molecule has 0 saturated carbocycles. The Kier molecular flexibility index (Phi) is 5.54. The second-order valence-electron chi connectivity index (χ2n) is 5.89. The van der Waals surface area contributed by atoms with Crippen LogP contribution in [0, 0.1) is 10.1 Å². The topological polar surface area (TPSA) is 102 Å². The highest BCUT2D eigenvalue weighted by Crippen LogP contribution is 2.24. The standard InChI is InChI=1S/C19H17N3O6/c1-20-12-13-21(19(24)28-15-10-6-3-7-11-15)17(20)16(22(25)26)18(23)27-14-8-4-2-5-9-14/h2-11H,12-13H2,1H3. The number of carbonyl (C=O) groups excluding carboxylic acids is 2. The first-order valence-corrected chi connectivity index (χ1v) is 8.39. The van der Waals surface area contributed by atoms with Gasteiger partial charge in [0.05, 0.1) is 4.92 Å². The van der Waals surface area contributed by atoms with Crippen molar-refractivity contribution in [1.29, 1.82) is 0 Å². The molecule has 0 aliphatic carbocycles. The summed E-state index contributed by atoms with van der Waals surface area (Å²) in [6.45, 7) is 0.433. The van der Waals surface area contributed by atoms with Crippen LogP contribution in [0.4, 0.5) is 4.79 Å². The summed E-state index contributed by atoms with van der Waals surface area (Å²) in [6, 6.07) is 16.3. The van der Waals surface area contributed by atoms with Gasteiger partial charge < -0.3 is 14.4 Å². The molecule has 9 nitrogen and oxygen atoms in total. The molecule has 144 valence electrons. The molecular weight excluding hydrogens is 366 g/mol. The minimum atomic E-state index is -1.17. The minimum absolute atomic E-state index is 0.132. The predicted octanol–water partition coefficient (Wildman–Crippen LogP) is 2.48. The molecular formula is C19H17N3O6. The first-order chi connectivity index (χ1) is 13.5. The average Bonchev–Trinajstić information content (AvgIpc) is 3.04. The zero-order valence-corrected chi connectivity index (χ0v) is 15.0. The molecule has 3 rings (SSSR count). The fourth-order valence-corrected chi connectivity index (χ4v) is 2.69. The monoisotopic (exact) mass is 383 g/mol. The summed E-state index contributed by atoms with van der Waals surface area (Å²) >= 11 is 0. The van der Waals surface area contributed by atoms with E-state index in [1.165, 1.54) is 17.0 Å². The van der Waals surface area contributed by atoms with E-state index < -0.39 is 22.7 Å². The fraction of sp³-hybridized carbons (Fsp3) is 0.158. The average molecular weight is 383 g/mol. The van der Waals surface area contributed by atoms with E-state index in [9.17, 15) is 19.7 Å². The number of likely N-dealkylation sites (N-methyl/N-ethyl adjacent to an activating group) is 1. The third-order valence-electron chi connectivity index (χ3n) is 3.99. The van der Waals surface area contributed by atoms with Crippen LogP contribution >= 0.6 is 0 Å². The molecule has 1 aliphatic rings. The molecule has 0 radical (unpaired) electrons. The number of rotatable bonds is 4. The molecule has 0 unspecified atom stereocenters. The Morgan fingerprint density at radius 2 is 1.46 bits per heavy atom. The van der Waals surface area contributed by atoms with Gasteiger partial charge in [0, 0.05) is 20.1 Å². The first kappa shape index (κ1) is 18.9. The van der Waals surface area contributed by atoms with E-state index in [-0.39, 0.29) is 23.9 Å². The maximum atomic E-state index is 12.5. The van der Waals surface area contributed by atoms with Crippen LogP contribution in [-0.4, -0.2) is 46.9 Å². The SMILES string of the molecule is CN1CCN(C(=O)Oc2ccccc2)C1=C(C(=O)Oc1ccccc1)[N+](=O)[O-]. The number of esters is 1. The minimum Gasteiger partial charge on any atom is -0.418 e. The van der Waals surface area contributed by atoms with Gasteiger partial charge in [0.15, 0.2) is 0 Å². The Morgan fingerprint density at radius 3 is 2.00 bits per heavy atom. The molecule has 1 amide bonds. The third-order valence-corrected chi connectivity index (χ3v) is 3.99. The third kappa shape index (κ3) is 4.09. The van der Waals surface area contributed by atoms with Crippen LogP contribution in [0.25, 0.3) is 0 Å². The molecule has 0 spiro atoms.